The molecule has 2 aromatic carbocycles. The number of carbonyl (C=O) groups is 1. The van der Waals surface area contributed by atoms with Crippen LogP contribution in [0.3, 0.4) is 0 Å². The van der Waals surface area contributed by atoms with Crippen molar-refractivity contribution >= 4 is 34.5 Å². The number of benzene rings is 2. The molecular weight excluding hydrogens is 381 g/mol. The van der Waals surface area contributed by atoms with Gasteiger partial charge in [0.1, 0.15) is 27.9 Å². The van der Waals surface area contributed by atoms with E-state index in [4.69, 9.17) is 4.74 Å². The largest absolute Gasteiger partial charge is 0.508 e. The van der Waals surface area contributed by atoms with Crippen LogP contribution in [0.1, 0.15) is 18.1 Å². The van der Waals surface area contributed by atoms with Crippen LogP contribution in [0.15, 0.2) is 63.7 Å². The first-order valence-electron chi connectivity index (χ1n) is 8.53. The molecule has 0 saturated carbocycles. The molecule has 1 aliphatic rings. The number of thioether (sulfide) groups is 1. The molecule has 144 valence electrons. The summed E-state index contributed by atoms with van der Waals surface area (Å²) in [6, 6.07) is 10.5. The smallest absolute Gasteiger partial charge is 0.344 e. The second-order valence-electron chi connectivity index (χ2n) is 5.99. The molecule has 0 unspecified atom stereocenters. The fraction of sp³-hybridized carbons (Fsp3) is 0.143. The molecule has 1 heterocycles. The number of nitrogens with zero attached hydrogens (tertiary/aromatic N) is 1. The Kier molecular flexibility index (Phi) is 5.84. The maximum absolute atomic E-state index is 13.1. The van der Waals surface area contributed by atoms with Gasteiger partial charge in [0.2, 0.25) is 0 Å². The standard InChI is InChI=1S/C21H18FNO4S/c1-3-27-21(26)18-19(25)17(11-13-4-9-16(24)12(2)10-13)28-20(18)23-15-7-5-14(22)6-8-15/h4-11,24-25H,3H2,1-2H3/b17-11+,23-20?. The summed E-state index contributed by atoms with van der Waals surface area (Å²) < 4.78 is 18.2. The quantitative estimate of drug-likeness (QED) is 0.705. The van der Waals surface area contributed by atoms with Gasteiger partial charge in [0, 0.05) is 0 Å². The van der Waals surface area contributed by atoms with E-state index in [2.05, 4.69) is 4.99 Å². The summed E-state index contributed by atoms with van der Waals surface area (Å²) in [5, 5.41) is 20.6. The monoisotopic (exact) mass is 399 g/mol. The molecule has 0 saturated heterocycles. The van der Waals surface area contributed by atoms with Gasteiger partial charge in [-0.3, -0.25) is 0 Å². The summed E-state index contributed by atoms with van der Waals surface area (Å²) in [6.07, 6.45) is 1.69. The first-order chi connectivity index (χ1) is 13.4. The topological polar surface area (TPSA) is 79.1 Å². The Morgan fingerprint density at radius 3 is 2.57 bits per heavy atom. The number of esters is 1. The predicted molar refractivity (Wildman–Crippen MR) is 108 cm³/mol. The first-order valence-corrected chi connectivity index (χ1v) is 9.35. The van der Waals surface area contributed by atoms with Crippen molar-refractivity contribution in [1.82, 2.24) is 0 Å². The van der Waals surface area contributed by atoms with Crippen molar-refractivity contribution in [2.75, 3.05) is 6.61 Å². The maximum Gasteiger partial charge on any atom is 0.344 e. The van der Waals surface area contributed by atoms with Crippen molar-refractivity contribution in [3.05, 3.63) is 75.6 Å². The van der Waals surface area contributed by atoms with Crippen LogP contribution >= 0.6 is 11.8 Å². The molecule has 0 aromatic heterocycles. The number of aliphatic imine (C=N–C) groups is 1. The molecule has 0 radical (unpaired) electrons. The molecule has 3 rings (SSSR count). The number of aliphatic hydroxyl groups excluding tert-OH is 1. The van der Waals surface area contributed by atoms with Crippen LogP contribution in [0, 0.1) is 12.7 Å². The number of hydrogen-bond donors (Lipinski definition) is 2. The van der Waals surface area contributed by atoms with Crippen molar-refractivity contribution in [3.63, 3.8) is 0 Å². The van der Waals surface area contributed by atoms with Crippen molar-refractivity contribution in [2.45, 2.75) is 13.8 Å². The zero-order valence-corrected chi connectivity index (χ0v) is 16.1. The molecule has 2 aromatic rings. The predicted octanol–water partition coefficient (Wildman–Crippen LogP) is 5.03. The Hall–Kier alpha value is -3.06. The lowest BCUT2D eigenvalue weighted by Crippen LogP contribution is -2.12. The molecule has 0 spiro atoms. The minimum Gasteiger partial charge on any atom is -0.508 e. The molecule has 0 aliphatic carbocycles. The van der Waals surface area contributed by atoms with Gasteiger partial charge in [-0.15, -0.1) is 0 Å². The van der Waals surface area contributed by atoms with Gasteiger partial charge in [0.15, 0.2) is 0 Å². The van der Waals surface area contributed by atoms with Crippen molar-refractivity contribution < 1.29 is 24.1 Å². The molecule has 0 amide bonds. The number of rotatable bonds is 4. The van der Waals surface area contributed by atoms with Crippen LogP contribution in [-0.4, -0.2) is 27.8 Å². The van der Waals surface area contributed by atoms with E-state index in [0.717, 1.165) is 17.3 Å². The second-order valence-corrected chi connectivity index (χ2v) is 7.02. The molecule has 2 N–H and O–H groups in total. The third-order valence-corrected chi connectivity index (χ3v) is 4.97. The zero-order valence-electron chi connectivity index (χ0n) is 15.3. The van der Waals surface area contributed by atoms with Gasteiger partial charge < -0.3 is 14.9 Å². The number of aryl methyl sites for hydroxylation is 1. The third-order valence-electron chi connectivity index (χ3n) is 3.95. The molecule has 28 heavy (non-hydrogen) atoms. The van der Waals surface area contributed by atoms with E-state index in [0.29, 0.717) is 16.2 Å². The van der Waals surface area contributed by atoms with Crippen LogP contribution in [-0.2, 0) is 9.53 Å². The van der Waals surface area contributed by atoms with Crippen LogP contribution in [0.5, 0.6) is 5.75 Å². The highest BCUT2D eigenvalue weighted by molar-refractivity contribution is 8.18. The van der Waals surface area contributed by atoms with Gasteiger partial charge in [0.25, 0.3) is 0 Å². The van der Waals surface area contributed by atoms with Gasteiger partial charge in [-0.25, -0.2) is 14.2 Å². The second kappa shape index (κ2) is 8.31. The Labute approximate surface area is 165 Å². The fourth-order valence-corrected chi connectivity index (χ4v) is 3.58. The average molecular weight is 399 g/mol. The van der Waals surface area contributed by atoms with Crippen molar-refractivity contribution in [3.8, 4) is 5.75 Å². The summed E-state index contributed by atoms with van der Waals surface area (Å²) in [4.78, 5) is 17.1. The third kappa shape index (κ3) is 4.26. The van der Waals surface area contributed by atoms with Gasteiger partial charge in [0.05, 0.1) is 17.2 Å². The van der Waals surface area contributed by atoms with E-state index in [1.54, 1.807) is 38.1 Å². The lowest BCUT2D eigenvalue weighted by atomic mass is 10.1. The summed E-state index contributed by atoms with van der Waals surface area (Å²) in [6.45, 7) is 3.59. The Morgan fingerprint density at radius 2 is 1.93 bits per heavy atom. The zero-order chi connectivity index (χ0) is 20.3. The van der Waals surface area contributed by atoms with Crippen molar-refractivity contribution in [2.24, 2.45) is 4.99 Å². The molecule has 0 fully saturated rings. The molecular formula is C21H18FNO4S. The van der Waals surface area contributed by atoms with Crippen molar-refractivity contribution in [1.29, 1.82) is 0 Å². The molecule has 0 bridgehead atoms. The Morgan fingerprint density at radius 1 is 1.21 bits per heavy atom. The summed E-state index contributed by atoms with van der Waals surface area (Å²) in [5.41, 5.74) is 1.85. The normalized spacial score (nSPS) is 16.8. The number of phenolic OH excluding ortho intramolecular Hbond substituents is 1. The van der Waals surface area contributed by atoms with E-state index in [9.17, 15) is 19.4 Å². The maximum atomic E-state index is 13.1. The van der Waals surface area contributed by atoms with Gasteiger partial charge in [-0.05, 0) is 67.4 Å². The number of phenols is 1. The molecule has 1 aliphatic heterocycles. The van der Waals surface area contributed by atoms with E-state index in [-0.39, 0.29) is 28.7 Å². The first kappa shape index (κ1) is 19.7. The fourth-order valence-electron chi connectivity index (χ4n) is 2.54. The number of aromatic hydroxyl groups is 1. The number of halogens is 1. The Bertz CT molecular complexity index is 1010. The number of hydrogen-bond acceptors (Lipinski definition) is 6. The van der Waals surface area contributed by atoms with Crippen LogP contribution in [0.25, 0.3) is 6.08 Å². The molecule has 5 nitrogen and oxygen atoms in total. The summed E-state index contributed by atoms with van der Waals surface area (Å²) in [7, 11) is 0. The highest BCUT2D eigenvalue weighted by Gasteiger charge is 2.33. The Balaban J connectivity index is 2.04. The summed E-state index contributed by atoms with van der Waals surface area (Å²) in [5.74, 6) is -1.13. The molecule has 0 atom stereocenters. The summed E-state index contributed by atoms with van der Waals surface area (Å²) >= 11 is 1.11. The minimum absolute atomic E-state index is 0.0297. The highest BCUT2D eigenvalue weighted by atomic mass is 32.2. The number of carbonyl (C=O) groups excluding carboxylic acids is 1. The minimum atomic E-state index is -0.682. The van der Waals surface area contributed by atoms with Crippen LogP contribution in [0.2, 0.25) is 0 Å². The highest BCUT2D eigenvalue weighted by Crippen LogP contribution is 2.40. The lowest BCUT2D eigenvalue weighted by Gasteiger charge is -2.03. The van der Waals surface area contributed by atoms with Gasteiger partial charge >= 0.3 is 5.97 Å². The lowest BCUT2D eigenvalue weighted by molar-refractivity contribution is -0.138. The van der Waals surface area contributed by atoms with E-state index >= 15 is 0 Å². The van der Waals surface area contributed by atoms with E-state index in [1.807, 2.05) is 0 Å². The van der Waals surface area contributed by atoms with E-state index < -0.39 is 11.8 Å². The van der Waals surface area contributed by atoms with Crippen LogP contribution in [0.4, 0.5) is 10.1 Å². The van der Waals surface area contributed by atoms with Crippen LogP contribution < -0.4 is 0 Å². The van der Waals surface area contributed by atoms with Gasteiger partial charge in [-0.1, -0.05) is 17.8 Å². The number of aliphatic hydroxyl groups is 1. The van der Waals surface area contributed by atoms with Gasteiger partial charge in [-0.2, -0.15) is 0 Å². The van der Waals surface area contributed by atoms with E-state index in [1.165, 1.54) is 24.3 Å². The molecule has 7 heteroatoms. The average Bonchev–Trinajstić information content (AvgIpc) is 2.95. The SMILES string of the molecule is CCOC(=O)C1=C(O)/C(=C\c2ccc(O)c(C)c2)SC1=Nc1ccc(F)cc1. The number of ether oxygens (including phenoxy) is 1.